The van der Waals surface area contributed by atoms with E-state index < -0.39 is 5.97 Å². The number of carbonyl (C=O) groups is 3. The average Bonchev–Trinajstić information content (AvgIpc) is 2.94. The van der Waals surface area contributed by atoms with Crippen molar-refractivity contribution in [1.29, 1.82) is 0 Å². The van der Waals surface area contributed by atoms with Crippen molar-refractivity contribution in [3.05, 3.63) is 0 Å². The highest BCUT2D eigenvalue weighted by atomic mass is 16.5. The molecule has 0 aromatic carbocycles. The van der Waals surface area contributed by atoms with Crippen molar-refractivity contribution in [3.63, 3.8) is 0 Å². The van der Waals surface area contributed by atoms with Gasteiger partial charge in [-0.2, -0.15) is 0 Å². The van der Waals surface area contributed by atoms with Crippen LogP contribution < -0.4 is 16.4 Å². The molecule has 41 heavy (non-hydrogen) atoms. The Morgan fingerprint density at radius 3 is 1.68 bits per heavy atom. The molecule has 9 nitrogen and oxygen atoms in total. The summed E-state index contributed by atoms with van der Waals surface area (Å²) >= 11 is 0. The number of aliphatic carboxylic acids is 1. The van der Waals surface area contributed by atoms with E-state index in [-0.39, 0.29) is 18.4 Å². The third-order valence-corrected chi connectivity index (χ3v) is 7.32. The first kappa shape index (κ1) is 39.3. The lowest BCUT2D eigenvalue weighted by Crippen LogP contribution is -2.29. The zero-order chi connectivity index (χ0) is 30.2. The van der Waals surface area contributed by atoms with Gasteiger partial charge in [-0.15, -0.1) is 0 Å². The van der Waals surface area contributed by atoms with Crippen molar-refractivity contribution in [2.24, 2.45) is 11.7 Å². The number of rotatable bonds is 32. The summed E-state index contributed by atoms with van der Waals surface area (Å²) in [7, 11) is 0. The largest absolute Gasteiger partial charge is 0.481 e. The number of hydrogen-bond donors (Lipinski definition) is 4. The van der Waals surface area contributed by atoms with Gasteiger partial charge in [0.15, 0.2) is 0 Å². The molecular formula is C32H63N3O6. The Morgan fingerprint density at radius 2 is 1.12 bits per heavy atom. The van der Waals surface area contributed by atoms with Crippen LogP contribution in [0.3, 0.4) is 0 Å². The van der Waals surface area contributed by atoms with Crippen LogP contribution in [0.5, 0.6) is 0 Å². The van der Waals surface area contributed by atoms with Gasteiger partial charge in [0.2, 0.25) is 11.8 Å². The third-order valence-electron chi connectivity index (χ3n) is 7.32. The topological polar surface area (TPSA) is 140 Å². The Kier molecular flexibility index (Phi) is 29.9. The minimum absolute atomic E-state index is 0.0452. The van der Waals surface area contributed by atoms with Crippen LogP contribution >= 0.6 is 0 Å². The molecule has 0 aliphatic rings. The van der Waals surface area contributed by atoms with E-state index in [1.54, 1.807) is 0 Å². The predicted octanol–water partition coefficient (Wildman–Crippen LogP) is 5.73. The van der Waals surface area contributed by atoms with E-state index in [4.69, 9.17) is 20.3 Å². The van der Waals surface area contributed by atoms with E-state index in [2.05, 4.69) is 17.6 Å². The molecule has 9 heteroatoms. The Hall–Kier alpha value is -1.71. The molecule has 0 radical (unpaired) electrons. The Bertz CT molecular complexity index is 620. The average molecular weight is 586 g/mol. The number of amides is 2. The fourth-order valence-electron chi connectivity index (χ4n) is 4.74. The van der Waals surface area contributed by atoms with Crippen LogP contribution in [0.2, 0.25) is 0 Å². The normalized spacial score (nSPS) is 11.9. The quantitative estimate of drug-likeness (QED) is 0.0739. The summed E-state index contributed by atoms with van der Waals surface area (Å²) in [5, 5.41) is 14.4. The van der Waals surface area contributed by atoms with E-state index in [1.807, 2.05) is 0 Å². The molecule has 2 amide bonds. The zero-order valence-electron chi connectivity index (χ0n) is 26.2. The Balaban J connectivity index is 3.27. The van der Waals surface area contributed by atoms with E-state index in [0.717, 1.165) is 64.3 Å². The highest BCUT2D eigenvalue weighted by molar-refractivity contribution is 5.77. The number of ether oxygens (including phenoxy) is 2. The second-order valence-corrected chi connectivity index (χ2v) is 11.4. The summed E-state index contributed by atoms with van der Waals surface area (Å²) in [6.07, 6.45) is 21.6. The van der Waals surface area contributed by atoms with Crippen LogP contribution in [-0.2, 0) is 23.9 Å². The van der Waals surface area contributed by atoms with Crippen LogP contribution in [-0.4, -0.2) is 69.0 Å². The summed E-state index contributed by atoms with van der Waals surface area (Å²) in [5.74, 6) is -0.0557. The van der Waals surface area contributed by atoms with Crippen LogP contribution in [0.15, 0.2) is 0 Å². The highest BCUT2D eigenvalue weighted by Gasteiger charge is 2.04. The second kappa shape index (κ2) is 31.2. The molecule has 0 aromatic rings. The van der Waals surface area contributed by atoms with Gasteiger partial charge >= 0.3 is 5.97 Å². The molecule has 0 aromatic heterocycles. The van der Waals surface area contributed by atoms with Crippen molar-refractivity contribution in [1.82, 2.24) is 10.6 Å². The van der Waals surface area contributed by atoms with E-state index in [9.17, 15) is 14.4 Å². The Morgan fingerprint density at radius 1 is 0.610 bits per heavy atom. The Labute approximate surface area is 250 Å². The second-order valence-electron chi connectivity index (χ2n) is 11.4. The minimum atomic E-state index is -0.683. The first-order valence-corrected chi connectivity index (χ1v) is 16.6. The lowest BCUT2D eigenvalue weighted by molar-refractivity contribution is -0.137. The number of unbranched alkanes of at least 4 members (excludes halogenated alkanes) is 14. The van der Waals surface area contributed by atoms with Crippen molar-refractivity contribution in [3.8, 4) is 0 Å². The van der Waals surface area contributed by atoms with Gasteiger partial charge in [0.1, 0.15) is 6.61 Å². The van der Waals surface area contributed by atoms with Crippen LogP contribution in [0.1, 0.15) is 135 Å². The van der Waals surface area contributed by atoms with E-state index in [1.165, 1.54) is 57.8 Å². The summed E-state index contributed by atoms with van der Waals surface area (Å²) in [6.45, 7) is 5.36. The molecule has 0 heterocycles. The molecule has 5 N–H and O–H groups in total. The van der Waals surface area contributed by atoms with Gasteiger partial charge in [0, 0.05) is 25.9 Å². The number of nitrogens with one attached hydrogen (secondary N) is 2. The number of carboxylic acid groups (broad SMARTS) is 1. The van der Waals surface area contributed by atoms with Gasteiger partial charge < -0.3 is 30.9 Å². The van der Waals surface area contributed by atoms with Gasteiger partial charge in [0.05, 0.1) is 19.8 Å². The maximum absolute atomic E-state index is 11.9. The van der Waals surface area contributed by atoms with Crippen LogP contribution in [0, 0.1) is 5.92 Å². The smallest absolute Gasteiger partial charge is 0.303 e. The van der Waals surface area contributed by atoms with Crippen molar-refractivity contribution < 1.29 is 29.0 Å². The maximum Gasteiger partial charge on any atom is 0.303 e. The molecule has 0 rings (SSSR count). The fraction of sp³-hybridized carbons (Fsp3) is 0.906. The molecule has 0 spiro atoms. The predicted molar refractivity (Wildman–Crippen MR) is 166 cm³/mol. The maximum atomic E-state index is 11.9. The standard InChI is InChI=1S/C32H63N3O6/c1-29(21-22-33)18-16-17-23-34-31(37)28-41-27-26-40-25-24-35-30(36)19-14-12-10-8-6-4-2-3-5-7-9-11-13-15-20-32(38)39/h29H,2-28,33H2,1H3,(H,34,37)(H,35,36)(H,38,39). The van der Waals surface area contributed by atoms with E-state index >= 15 is 0 Å². The molecule has 0 aliphatic carbocycles. The number of carbonyl (C=O) groups excluding carboxylic acids is 2. The van der Waals surface area contributed by atoms with Crippen LogP contribution in [0.4, 0.5) is 0 Å². The van der Waals surface area contributed by atoms with Gasteiger partial charge in [-0.05, 0) is 38.1 Å². The third kappa shape index (κ3) is 32.7. The number of carboxylic acids is 1. The monoisotopic (exact) mass is 585 g/mol. The fourth-order valence-corrected chi connectivity index (χ4v) is 4.74. The van der Waals surface area contributed by atoms with Gasteiger partial charge in [-0.3, -0.25) is 14.4 Å². The van der Waals surface area contributed by atoms with E-state index in [0.29, 0.717) is 51.7 Å². The number of hydrogen-bond acceptors (Lipinski definition) is 6. The molecule has 1 unspecified atom stereocenters. The SMILES string of the molecule is CC(CCN)CCCCNC(=O)COCCOCCNC(=O)CCCCCCCCCCCCCCCCC(=O)O. The zero-order valence-corrected chi connectivity index (χ0v) is 26.2. The van der Waals surface area contributed by atoms with Crippen molar-refractivity contribution in [2.45, 2.75) is 135 Å². The summed E-state index contributed by atoms with van der Waals surface area (Å²) < 4.78 is 10.8. The van der Waals surface area contributed by atoms with Gasteiger partial charge in [-0.1, -0.05) is 96.8 Å². The summed E-state index contributed by atoms with van der Waals surface area (Å²) in [4.78, 5) is 34.2. The van der Waals surface area contributed by atoms with Crippen molar-refractivity contribution >= 4 is 17.8 Å². The van der Waals surface area contributed by atoms with Gasteiger partial charge in [-0.25, -0.2) is 0 Å². The molecule has 0 aliphatic heterocycles. The number of nitrogens with two attached hydrogens (primary N) is 1. The summed E-state index contributed by atoms with van der Waals surface area (Å²) in [6, 6.07) is 0. The minimum Gasteiger partial charge on any atom is -0.481 e. The molecule has 242 valence electrons. The lowest BCUT2D eigenvalue weighted by atomic mass is 10.0. The van der Waals surface area contributed by atoms with Crippen LogP contribution in [0.25, 0.3) is 0 Å². The first-order valence-electron chi connectivity index (χ1n) is 16.6. The summed E-state index contributed by atoms with van der Waals surface area (Å²) in [5.41, 5.74) is 5.56. The molecule has 0 fully saturated rings. The molecular weight excluding hydrogens is 522 g/mol. The molecule has 0 saturated carbocycles. The lowest BCUT2D eigenvalue weighted by Gasteiger charge is -2.10. The van der Waals surface area contributed by atoms with Crippen molar-refractivity contribution in [2.75, 3.05) is 46.1 Å². The molecule has 0 bridgehead atoms. The first-order chi connectivity index (χ1) is 20.0. The van der Waals surface area contributed by atoms with Gasteiger partial charge in [0.25, 0.3) is 0 Å². The highest BCUT2D eigenvalue weighted by Crippen LogP contribution is 2.14. The molecule has 1 atom stereocenters. The molecule has 0 saturated heterocycles.